The molecule has 0 amide bonds. The van der Waals surface area contributed by atoms with E-state index in [1.807, 2.05) is 27.0 Å². The van der Waals surface area contributed by atoms with Crippen molar-refractivity contribution in [2.45, 2.75) is 20.3 Å². The molecule has 0 unspecified atom stereocenters. The zero-order valence-electron chi connectivity index (χ0n) is 8.09. The summed E-state index contributed by atoms with van der Waals surface area (Å²) in [7, 11) is 1.87. The van der Waals surface area contributed by atoms with E-state index in [2.05, 4.69) is 22.0 Å². The van der Waals surface area contributed by atoms with Crippen LogP contribution in [0.3, 0.4) is 0 Å². The van der Waals surface area contributed by atoms with Gasteiger partial charge in [-0.25, -0.2) is 0 Å². The molecule has 0 fully saturated rings. The van der Waals surface area contributed by atoms with Crippen molar-refractivity contribution in [3.05, 3.63) is 11.8 Å². The third kappa shape index (κ3) is 4.79. The minimum absolute atomic E-state index is 0.649. The number of aliphatic imine (C=N–C) groups is 2. The van der Waals surface area contributed by atoms with Gasteiger partial charge in [0.25, 0.3) is 0 Å². The molecule has 0 saturated carbocycles. The van der Waals surface area contributed by atoms with Gasteiger partial charge < -0.3 is 5.32 Å². The van der Waals surface area contributed by atoms with Gasteiger partial charge in [0, 0.05) is 11.4 Å². The van der Waals surface area contributed by atoms with Crippen LogP contribution in [0.15, 0.2) is 21.8 Å². The molecule has 0 aromatic heterocycles. The van der Waals surface area contributed by atoms with Crippen LogP contribution in [0.5, 0.6) is 0 Å². The third-order valence-electron chi connectivity index (χ3n) is 1.43. The second-order valence-electron chi connectivity index (χ2n) is 2.46. The van der Waals surface area contributed by atoms with Crippen molar-refractivity contribution in [3.63, 3.8) is 0 Å². The summed E-state index contributed by atoms with van der Waals surface area (Å²) in [5.74, 6) is 0. The van der Waals surface area contributed by atoms with Gasteiger partial charge in [0.05, 0.1) is 6.67 Å². The Labute approximate surface area is 74.3 Å². The maximum absolute atomic E-state index is 4.22. The first-order valence-corrected chi connectivity index (χ1v) is 4.07. The van der Waals surface area contributed by atoms with Crippen LogP contribution in [-0.4, -0.2) is 26.1 Å². The average Bonchev–Trinajstić information content (AvgIpc) is 2.10. The minimum Gasteiger partial charge on any atom is -0.301 e. The fourth-order valence-corrected chi connectivity index (χ4v) is 0.750. The fraction of sp³-hybridized carbons (Fsp3) is 0.556. The Hall–Kier alpha value is -0.960. The molecule has 0 aromatic rings. The molecule has 0 aliphatic rings. The molecule has 0 saturated heterocycles. The second-order valence-corrected chi connectivity index (χ2v) is 2.46. The largest absolute Gasteiger partial charge is 0.301 e. The van der Waals surface area contributed by atoms with Gasteiger partial charge >= 0.3 is 0 Å². The summed E-state index contributed by atoms with van der Waals surface area (Å²) in [6, 6.07) is 0. The molecule has 0 heterocycles. The summed E-state index contributed by atoms with van der Waals surface area (Å²) in [5, 5.41) is 2.94. The standard InChI is InChI=1S/C9H17N3/c1-5-9(11-4)6-8(2)12-7-10-3/h6,10H,4-5,7H2,1-3H3/b9-6-,12-8-. The van der Waals surface area contributed by atoms with Gasteiger partial charge in [-0.05, 0) is 33.2 Å². The molecule has 1 N–H and O–H groups in total. The molecule has 12 heavy (non-hydrogen) atoms. The Morgan fingerprint density at radius 3 is 2.67 bits per heavy atom. The highest BCUT2D eigenvalue weighted by Crippen LogP contribution is 2.00. The number of hydrogen-bond donors (Lipinski definition) is 1. The van der Waals surface area contributed by atoms with E-state index in [-0.39, 0.29) is 0 Å². The van der Waals surface area contributed by atoms with E-state index in [0.29, 0.717) is 6.67 Å². The van der Waals surface area contributed by atoms with Crippen LogP contribution >= 0.6 is 0 Å². The highest BCUT2D eigenvalue weighted by Gasteiger charge is 1.89. The molecule has 3 heteroatoms. The van der Waals surface area contributed by atoms with E-state index >= 15 is 0 Å². The SMILES string of the molecule is C=N/C(=C\C(C)=N/CNC)CC. The lowest BCUT2D eigenvalue weighted by atomic mass is 10.3. The van der Waals surface area contributed by atoms with E-state index in [1.165, 1.54) is 0 Å². The molecule has 0 rings (SSSR count). The van der Waals surface area contributed by atoms with E-state index in [9.17, 15) is 0 Å². The first-order chi connectivity index (χ1) is 5.74. The van der Waals surface area contributed by atoms with Crippen LogP contribution < -0.4 is 5.32 Å². The van der Waals surface area contributed by atoms with Gasteiger partial charge in [-0.2, -0.15) is 0 Å². The average molecular weight is 167 g/mol. The summed E-state index contributed by atoms with van der Waals surface area (Å²) in [4.78, 5) is 8.08. The lowest BCUT2D eigenvalue weighted by molar-refractivity contribution is 0.834. The molecule has 0 bridgehead atoms. The number of nitrogens with one attached hydrogen (secondary N) is 1. The number of allylic oxidation sites excluding steroid dienone is 2. The number of nitrogens with zero attached hydrogens (tertiary/aromatic N) is 2. The highest BCUT2D eigenvalue weighted by atomic mass is 15.0. The van der Waals surface area contributed by atoms with E-state index < -0.39 is 0 Å². The first kappa shape index (κ1) is 11.0. The third-order valence-corrected chi connectivity index (χ3v) is 1.43. The Kier molecular flexibility index (Phi) is 6.19. The monoisotopic (exact) mass is 167 g/mol. The lowest BCUT2D eigenvalue weighted by Gasteiger charge is -1.96. The zero-order valence-corrected chi connectivity index (χ0v) is 8.09. The van der Waals surface area contributed by atoms with Gasteiger partial charge in [-0.15, -0.1) is 0 Å². The smallest absolute Gasteiger partial charge is 0.0885 e. The van der Waals surface area contributed by atoms with E-state index in [4.69, 9.17) is 0 Å². The molecule has 0 atom stereocenters. The summed E-state index contributed by atoms with van der Waals surface area (Å²) in [6.45, 7) is 8.13. The van der Waals surface area contributed by atoms with E-state index in [1.54, 1.807) is 0 Å². The number of hydrogen-bond acceptors (Lipinski definition) is 3. The van der Waals surface area contributed by atoms with Crippen molar-refractivity contribution >= 4 is 12.4 Å². The van der Waals surface area contributed by atoms with Crippen molar-refractivity contribution < 1.29 is 0 Å². The van der Waals surface area contributed by atoms with Crippen LogP contribution in [-0.2, 0) is 0 Å². The molecule has 0 radical (unpaired) electrons. The molecule has 0 aliphatic carbocycles. The van der Waals surface area contributed by atoms with Crippen molar-refractivity contribution in [2.75, 3.05) is 13.7 Å². The molecule has 0 aromatic carbocycles. The van der Waals surface area contributed by atoms with Gasteiger partial charge in [0.2, 0.25) is 0 Å². The van der Waals surface area contributed by atoms with Crippen LogP contribution in [0.25, 0.3) is 0 Å². The van der Waals surface area contributed by atoms with Gasteiger partial charge in [0.15, 0.2) is 0 Å². The first-order valence-electron chi connectivity index (χ1n) is 4.07. The van der Waals surface area contributed by atoms with E-state index in [0.717, 1.165) is 17.8 Å². The Morgan fingerprint density at radius 2 is 2.25 bits per heavy atom. The van der Waals surface area contributed by atoms with Gasteiger partial charge in [-0.3, -0.25) is 9.98 Å². The van der Waals surface area contributed by atoms with Crippen molar-refractivity contribution in [1.82, 2.24) is 5.32 Å². The minimum atomic E-state index is 0.649. The Balaban J connectivity index is 4.18. The zero-order chi connectivity index (χ0) is 9.40. The topological polar surface area (TPSA) is 36.8 Å². The van der Waals surface area contributed by atoms with Crippen LogP contribution in [0.2, 0.25) is 0 Å². The molecule has 0 spiro atoms. The predicted octanol–water partition coefficient (Wildman–Crippen LogP) is 1.62. The van der Waals surface area contributed by atoms with Gasteiger partial charge in [-0.1, -0.05) is 6.92 Å². The van der Waals surface area contributed by atoms with Crippen molar-refractivity contribution in [2.24, 2.45) is 9.98 Å². The summed E-state index contributed by atoms with van der Waals surface area (Å²) in [5.41, 5.74) is 1.96. The molecular formula is C9H17N3. The summed E-state index contributed by atoms with van der Waals surface area (Å²) >= 11 is 0. The molecule has 68 valence electrons. The van der Waals surface area contributed by atoms with Crippen LogP contribution in [0.1, 0.15) is 20.3 Å². The molecule has 0 aliphatic heterocycles. The quantitative estimate of drug-likeness (QED) is 0.621. The Bertz CT molecular complexity index is 192. The van der Waals surface area contributed by atoms with Crippen LogP contribution in [0.4, 0.5) is 0 Å². The maximum Gasteiger partial charge on any atom is 0.0885 e. The maximum atomic E-state index is 4.22. The molecular weight excluding hydrogens is 150 g/mol. The lowest BCUT2D eigenvalue weighted by Crippen LogP contribution is -2.06. The van der Waals surface area contributed by atoms with Gasteiger partial charge in [0.1, 0.15) is 0 Å². The second kappa shape index (κ2) is 6.73. The Morgan fingerprint density at radius 1 is 1.58 bits per heavy atom. The summed E-state index contributed by atoms with van der Waals surface area (Å²) in [6.07, 6.45) is 2.85. The summed E-state index contributed by atoms with van der Waals surface area (Å²) < 4.78 is 0. The molecule has 3 nitrogen and oxygen atoms in total. The number of rotatable bonds is 5. The fourth-order valence-electron chi connectivity index (χ4n) is 0.750. The van der Waals surface area contributed by atoms with Crippen molar-refractivity contribution in [1.29, 1.82) is 0 Å². The van der Waals surface area contributed by atoms with Crippen molar-refractivity contribution in [3.8, 4) is 0 Å². The van der Waals surface area contributed by atoms with Crippen LogP contribution in [0, 0.1) is 0 Å². The highest BCUT2D eigenvalue weighted by molar-refractivity contribution is 5.93. The normalized spacial score (nSPS) is 13.2. The predicted molar refractivity (Wildman–Crippen MR) is 55.0 cm³/mol.